The predicted molar refractivity (Wildman–Crippen MR) is 125 cm³/mol. The number of hydrogen-bond donors (Lipinski definition) is 2. The first-order chi connectivity index (χ1) is 15.1. The fourth-order valence-corrected chi connectivity index (χ4v) is 4.32. The van der Waals surface area contributed by atoms with Gasteiger partial charge in [0.05, 0.1) is 6.61 Å². The number of nitrogens with one attached hydrogen (secondary N) is 1. The molecule has 0 saturated carbocycles. The van der Waals surface area contributed by atoms with Crippen molar-refractivity contribution in [3.8, 4) is 11.1 Å². The number of benzene rings is 3. The third kappa shape index (κ3) is 4.28. The summed E-state index contributed by atoms with van der Waals surface area (Å²) in [6, 6.07) is 22.4. The number of anilines is 2. The normalized spacial score (nSPS) is 12.2. The maximum Gasteiger partial charge on any atom is 0.411 e. The molecular weight excluding hydrogens is 388 g/mol. The van der Waals surface area contributed by atoms with E-state index in [1.54, 1.807) is 0 Å². The molecule has 1 amide bonds. The standard InChI is InChI=1S/C26H28N2O3/c1-3-28(14-15-29)19-12-13-25(18(2)16-19)27-26(30)31-17-24-22-10-6-4-8-20(22)21-9-5-7-11-23(21)24/h4-13,16,24,29H,3,14-15,17H2,1-2H3,(H,27,30). The van der Waals surface area contributed by atoms with Crippen molar-refractivity contribution in [1.29, 1.82) is 0 Å². The van der Waals surface area contributed by atoms with Crippen LogP contribution in [0.2, 0.25) is 0 Å². The molecule has 0 aromatic heterocycles. The van der Waals surface area contributed by atoms with E-state index in [1.807, 2.05) is 56.3 Å². The molecule has 0 aliphatic heterocycles. The highest BCUT2D eigenvalue weighted by atomic mass is 16.5. The monoisotopic (exact) mass is 416 g/mol. The summed E-state index contributed by atoms with van der Waals surface area (Å²) in [5.41, 5.74) is 7.50. The van der Waals surface area contributed by atoms with E-state index in [1.165, 1.54) is 22.3 Å². The molecular formula is C26H28N2O3. The van der Waals surface area contributed by atoms with Crippen molar-refractivity contribution in [3.05, 3.63) is 83.4 Å². The van der Waals surface area contributed by atoms with E-state index in [9.17, 15) is 9.90 Å². The average molecular weight is 417 g/mol. The topological polar surface area (TPSA) is 61.8 Å². The SMILES string of the molecule is CCN(CCO)c1ccc(NC(=O)OCC2c3ccccc3-c3ccccc32)c(C)c1. The molecule has 0 radical (unpaired) electrons. The average Bonchev–Trinajstić information content (AvgIpc) is 3.11. The Morgan fingerprint density at radius 2 is 1.68 bits per heavy atom. The summed E-state index contributed by atoms with van der Waals surface area (Å²) >= 11 is 0. The lowest BCUT2D eigenvalue weighted by Gasteiger charge is -2.23. The molecule has 0 heterocycles. The summed E-state index contributed by atoms with van der Waals surface area (Å²) in [6.45, 7) is 5.78. The third-order valence-electron chi connectivity index (χ3n) is 5.91. The number of hydrogen-bond acceptors (Lipinski definition) is 4. The summed E-state index contributed by atoms with van der Waals surface area (Å²) in [5, 5.41) is 12.1. The van der Waals surface area contributed by atoms with E-state index >= 15 is 0 Å². The first kappa shape index (κ1) is 20.9. The van der Waals surface area contributed by atoms with Crippen molar-refractivity contribution in [2.45, 2.75) is 19.8 Å². The Bertz CT molecular complexity index is 1030. The van der Waals surface area contributed by atoms with Crippen LogP contribution in [0.25, 0.3) is 11.1 Å². The van der Waals surface area contributed by atoms with Gasteiger partial charge in [-0.25, -0.2) is 4.79 Å². The number of nitrogens with zero attached hydrogens (tertiary/aromatic N) is 1. The Labute approximate surface area is 183 Å². The van der Waals surface area contributed by atoms with Crippen LogP contribution in [0.5, 0.6) is 0 Å². The number of fused-ring (bicyclic) bond motifs is 3. The molecule has 0 fully saturated rings. The number of aliphatic hydroxyl groups excluding tert-OH is 1. The van der Waals surface area contributed by atoms with Gasteiger partial charge in [0.2, 0.25) is 0 Å². The molecule has 160 valence electrons. The zero-order valence-corrected chi connectivity index (χ0v) is 18.0. The Balaban J connectivity index is 1.43. The molecule has 4 rings (SSSR count). The minimum atomic E-state index is -0.458. The van der Waals surface area contributed by atoms with E-state index in [-0.39, 0.29) is 19.1 Å². The van der Waals surface area contributed by atoms with Gasteiger partial charge in [-0.3, -0.25) is 5.32 Å². The molecule has 3 aromatic rings. The molecule has 0 bridgehead atoms. The Hall–Kier alpha value is -3.31. The summed E-state index contributed by atoms with van der Waals surface area (Å²) < 4.78 is 5.64. The molecule has 0 saturated heterocycles. The highest BCUT2D eigenvalue weighted by Crippen LogP contribution is 2.44. The second-order valence-corrected chi connectivity index (χ2v) is 7.75. The number of rotatable bonds is 7. The highest BCUT2D eigenvalue weighted by Gasteiger charge is 2.29. The first-order valence-electron chi connectivity index (χ1n) is 10.7. The quantitative estimate of drug-likeness (QED) is 0.557. The van der Waals surface area contributed by atoms with Crippen LogP contribution in [0.1, 0.15) is 29.5 Å². The summed E-state index contributed by atoms with van der Waals surface area (Å²) in [4.78, 5) is 14.6. The molecule has 3 aromatic carbocycles. The first-order valence-corrected chi connectivity index (χ1v) is 10.7. The van der Waals surface area contributed by atoms with E-state index < -0.39 is 6.09 Å². The van der Waals surface area contributed by atoms with E-state index in [0.717, 1.165) is 23.5 Å². The van der Waals surface area contributed by atoms with Gasteiger partial charge in [0.25, 0.3) is 0 Å². The minimum Gasteiger partial charge on any atom is -0.448 e. The van der Waals surface area contributed by atoms with E-state index in [0.29, 0.717) is 6.54 Å². The maximum absolute atomic E-state index is 12.5. The highest BCUT2D eigenvalue weighted by molar-refractivity contribution is 5.86. The van der Waals surface area contributed by atoms with Crippen LogP contribution >= 0.6 is 0 Å². The molecule has 5 nitrogen and oxygen atoms in total. The van der Waals surface area contributed by atoms with Gasteiger partial charge in [-0.2, -0.15) is 0 Å². The van der Waals surface area contributed by atoms with Gasteiger partial charge >= 0.3 is 6.09 Å². The number of carbonyl (C=O) groups is 1. The van der Waals surface area contributed by atoms with E-state index in [2.05, 4.69) is 34.5 Å². The predicted octanol–water partition coefficient (Wildman–Crippen LogP) is 5.17. The van der Waals surface area contributed by atoms with Crippen molar-refractivity contribution in [2.24, 2.45) is 0 Å². The Kier molecular flexibility index (Phi) is 6.23. The Morgan fingerprint density at radius 1 is 1.03 bits per heavy atom. The van der Waals surface area contributed by atoms with E-state index in [4.69, 9.17) is 4.74 Å². The molecule has 0 spiro atoms. The lowest BCUT2D eigenvalue weighted by molar-refractivity contribution is 0.158. The van der Waals surface area contributed by atoms with Crippen LogP contribution in [0.3, 0.4) is 0 Å². The molecule has 1 aliphatic rings. The largest absolute Gasteiger partial charge is 0.448 e. The van der Waals surface area contributed by atoms with Crippen molar-refractivity contribution in [2.75, 3.05) is 36.5 Å². The maximum atomic E-state index is 12.5. The van der Waals surface area contributed by atoms with Crippen LogP contribution in [-0.4, -0.2) is 37.5 Å². The van der Waals surface area contributed by atoms with Gasteiger partial charge < -0.3 is 14.7 Å². The van der Waals surface area contributed by atoms with Crippen LogP contribution in [0.15, 0.2) is 66.7 Å². The number of amides is 1. The van der Waals surface area contributed by atoms with Crippen molar-refractivity contribution in [3.63, 3.8) is 0 Å². The van der Waals surface area contributed by atoms with Gasteiger partial charge in [-0.1, -0.05) is 48.5 Å². The smallest absolute Gasteiger partial charge is 0.411 e. The van der Waals surface area contributed by atoms with Gasteiger partial charge in [0, 0.05) is 30.4 Å². The summed E-state index contributed by atoms with van der Waals surface area (Å²) in [7, 11) is 0. The van der Waals surface area contributed by atoms with Crippen LogP contribution in [0, 0.1) is 6.92 Å². The molecule has 0 atom stereocenters. The van der Waals surface area contributed by atoms with Crippen LogP contribution < -0.4 is 10.2 Å². The lowest BCUT2D eigenvalue weighted by atomic mass is 9.98. The summed E-state index contributed by atoms with van der Waals surface area (Å²) in [5.74, 6) is 0.0400. The third-order valence-corrected chi connectivity index (χ3v) is 5.91. The zero-order valence-electron chi connectivity index (χ0n) is 18.0. The molecule has 1 aliphatic carbocycles. The number of aliphatic hydroxyl groups is 1. The molecule has 5 heteroatoms. The number of aryl methyl sites for hydroxylation is 1. The Morgan fingerprint density at radius 3 is 2.26 bits per heavy atom. The number of likely N-dealkylation sites (N-methyl/N-ethyl adjacent to an activating group) is 1. The van der Waals surface area contributed by atoms with Crippen LogP contribution in [0.4, 0.5) is 16.2 Å². The molecule has 31 heavy (non-hydrogen) atoms. The fraction of sp³-hybridized carbons (Fsp3) is 0.269. The number of ether oxygens (including phenoxy) is 1. The van der Waals surface area contributed by atoms with Crippen molar-refractivity contribution >= 4 is 17.5 Å². The fourth-order valence-electron chi connectivity index (χ4n) is 4.32. The van der Waals surface area contributed by atoms with Gasteiger partial charge in [-0.15, -0.1) is 0 Å². The summed E-state index contributed by atoms with van der Waals surface area (Å²) in [6.07, 6.45) is -0.458. The molecule has 0 unspecified atom stereocenters. The zero-order chi connectivity index (χ0) is 21.8. The second kappa shape index (κ2) is 9.23. The van der Waals surface area contributed by atoms with Crippen molar-refractivity contribution < 1.29 is 14.6 Å². The minimum absolute atomic E-state index is 0.0400. The lowest BCUT2D eigenvalue weighted by Crippen LogP contribution is -2.26. The van der Waals surface area contributed by atoms with Gasteiger partial charge in [0.1, 0.15) is 6.61 Å². The molecule has 2 N–H and O–H groups in total. The van der Waals surface area contributed by atoms with Crippen LogP contribution in [-0.2, 0) is 4.74 Å². The number of carbonyl (C=O) groups excluding carboxylic acids is 1. The second-order valence-electron chi connectivity index (χ2n) is 7.75. The van der Waals surface area contributed by atoms with Crippen molar-refractivity contribution in [1.82, 2.24) is 0 Å². The van der Waals surface area contributed by atoms with Gasteiger partial charge in [0.15, 0.2) is 0 Å². The van der Waals surface area contributed by atoms with Gasteiger partial charge in [-0.05, 0) is 59.9 Å².